The fourth-order valence-corrected chi connectivity index (χ4v) is 2.65. The molecule has 0 aromatic heterocycles. The van der Waals surface area contributed by atoms with Crippen molar-refractivity contribution in [1.82, 2.24) is 5.32 Å². The topological polar surface area (TPSA) is 76.7 Å². The van der Waals surface area contributed by atoms with Crippen molar-refractivity contribution >= 4 is 17.5 Å². The van der Waals surface area contributed by atoms with Gasteiger partial charge >= 0.3 is 0 Å². The molecule has 2 aromatic rings. The highest BCUT2D eigenvalue weighted by atomic mass is 16.5. The molecule has 27 heavy (non-hydrogen) atoms. The molecule has 0 saturated carbocycles. The summed E-state index contributed by atoms with van der Waals surface area (Å²) in [5.41, 5.74) is 0.953. The number of hydrogen-bond acceptors (Lipinski definition) is 4. The van der Waals surface area contributed by atoms with Crippen LogP contribution in [0.2, 0.25) is 0 Å². The molecule has 0 bridgehead atoms. The van der Waals surface area contributed by atoms with E-state index >= 15 is 0 Å². The van der Waals surface area contributed by atoms with E-state index < -0.39 is 6.04 Å². The molecule has 2 N–H and O–H groups in total. The third-order valence-electron chi connectivity index (χ3n) is 4.03. The second-order valence-electron chi connectivity index (χ2n) is 6.31. The molecule has 0 unspecified atom stereocenters. The molecule has 6 nitrogen and oxygen atoms in total. The van der Waals surface area contributed by atoms with Gasteiger partial charge in [0.15, 0.2) is 0 Å². The number of para-hydroxylation sites is 3. The van der Waals surface area contributed by atoms with Crippen molar-refractivity contribution < 1.29 is 19.1 Å². The van der Waals surface area contributed by atoms with Gasteiger partial charge in [-0.3, -0.25) is 9.59 Å². The van der Waals surface area contributed by atoms with Gasteiger partial charge in [0.1, 0.15) is 17.5 Å². The molecule has 2 rings (SSSR count). The SMILES string of the molecule is CCOc1ccccc1NC(=O)[C@H](NC(=O)c1ccccc1OC)C(C)C. The average molecular weight is 370 g/mol. The molecule has 0 radical (unpaired) electrons. The Bertz CT molecular complexity index is 789. The van der Waals surface area contributed by atoms with Crippen LogP contribution in [0.5, 0.6) is 11.5 Å². The number of carbonyl (C=O) groups excluding carboxylic acids is 2. The number of anilines is 1. The molecular formula is C21H26N2O4. The molecular weight excluding hydrogens is 344 g/mol. The van der Waals surface area contributed by atoms with Crippen molar-refractivity contribution in [3.8, 4) is 11.5 Å². The molecule has 0 aliphatic carbocycles. The van der Waals surface area contributed by atoms with Gasteiger partial charge in [-0.2, -0.15) is 0 Å². The van der Waals surface area contributed by atoms with Crippen molar-refractivity contribution in [2.75, 3.05) is 19.0 Å². The van der Waals surface area contributed by atoms with E-state index in [2.05, 4.69) is 10.6 Å². The zero-order valence-electron chi connectivity index (χ0n) is 16.1. The maximum absolute atomic E-state index is 12.8. The van der Waals surface area contributed by atoms with Gasteiger partial charge in [0.05, 0.1) is 25.0 Å². The number of carbonyl (C=O) groups is 2. The van der Waals surface area contributed by atoms with E-state index in [0.29, 0.717) is 29.4 Å². The van der Waals surface area contributed by atoms with E-state index in [0.717, 1.165) is 0 Å². The highest BCUT2D eigenvalue weighted by molar-refractivity contribution is 6.03. The van der Waals surface area contributed by atoms with Crippen LogP contribution in [0.25, 0.3) is 0 Å². The highest BCUT2D eigenvalue weighted by Crippen LogP contribution is 2.24. The first-order valence-electron chi connectivity index (χ1n) is 8.94. The molecule has 1 atom stereocenters. The van der Waals surface area contributed by atoms with E-state index in [1.165, 1.54) is 7.11 Å². The lowest BCUT2D eigenvalue weighted by atomic mass is 10.0. The zero-order chi connectivity index (χ0) is 19.8. The van der Waals surface area contributed by atoms with Gasteiger partial charge in [0.2, 0.25) is 5.91 Å². The van der Waals surface area contributed by atoms with Gasteiger partial charge in [0, 0.05) is 0 Å². The van der Waals surface area contributed by atoms with E-state index in [4.69, 9.17) is 9.47 Å². The summed E-state index contributed by atoms with van der Waals surface area (Å²) >= 11 is 0. The smallest absolute Gasteiger partial charge is 0.255 e. The van der Waals surface area contributed by atoms with Crippen molar-refractivity contribution in [3.05, 3.63) is 54.1 Å². The van der Waals surface area contributed by atoms with Crippen LogP contribution in [0.3, 0.4) is 0 Å². The van der Waals surface area contributed by atoms with E-state index in [9.17, 15) is 9.59 Å². The summed E-state index contributed by atoms with van der Waals surface area (Å²) < 4.78 is 10.8. The molecule has 0 fully saturated rings. The lowest BCUT2D eigenvalue weighted by molar-refractivity contribution is -0.118. The molecule has 6 heteroatoms. The van der Waals surface area contributed by atoms with Crippen LogP contribution >= 0.6 is 0 Å². The van der Waals surface area contributed by atoms with Crippen LogP contribution in [0.4, 0.5) is 5.69 Å². The third kappa shape index (κ3) is 5.23. The maximum atomic E-state index is 12.8. The predicted octanol–water partition coefficient (Wildman–Crippen LogP) is 3.49. The summed E-state index contributed by atoms with van der Waals surface area (Å²) in [6, 6.07) is 13.4. The van der Waals surface area contributed by atoms with Crippen molar-refractivity contribution in [2.24, 2.45) is 5.92 Å². The zero-order valence-corrected chi connectivity index (χ0v) is 16.1. The number of methoxy groups -OCH3 is 1. The number of ether oxygens (including phenoxy) is 2. The van der Waals surface area contributed by atoms with Crippen LogP contribution in [0.1, 0.15) is 31.1 Å². The van der Waals surface area contributed by atoms with Gasteiger partial charge in [-0.05, 0) is 37.1 Å². The Morgan fingerprint density at radius 2 is 1.63 bits per heavy atom. The summed E-state index contributed by atoms with van der Waals surface area (Å²) in [6.45, 7) is 6.12. The largest absolute Gasteiger partial charge is 0.496 e. The first kappa shape index (κ1) is 20.3. The quantitative estimate of drug-likeness (QED) is 0.746. The molecule has 0 heterocycles. The molecule has 0 saturated heterocycles. The van der Waals surface area contributed by atoms with Crippen LogP contribution in [-0.2, 0) is 4.79 Å². The van der Waals surface area contributed by atoms with Crippen molar-refractivity contribution in [3.63, 3.8) is 0 Å². The first-order chi connectivity index (χ1) is 13.0. The maximum Gasteiger partial charge on any atom is 0.255 e. The number of nitrogens with one attached hydrogen (secondary N) is 2. The second-order valence-corrected chi connectivity index (χ2v) is 6.31. The highest BCUT2D eigenvalue weighted by Gasteiger charge is 2.26. The fourth-order valence-electron chi connectivity index (χ4n) is 2.65. The Labute approximate surface area is 159 Å². The Morgan fingerprint density at radius 3 is 2.26 bits per heavy atom. The van der Waals surface area contributed by atoms with E-state index in [1.807, 2.05) is 32.9 Å². The number of hydrogen-bond donors (Lipinski definition) is 2. The molecule has 0 aliphatic heterocycles. The number of benzene rings is 2. The summed E-state index contributed by atoms with van der Waals surface area (Å²) in [5.74, 6) is 0.272. The van der Waals surface area contributed by atoms with Crippen LogP contribution in [0, 0.1) is 5.92 Å². The second kappa shape index (κ2) is 9.62. The van der Waals surface area contributed by atoms with Gasteiger partial charge in [-0.1, -0.05) is 38.1 Å². The third-order valence-corrected chi connectivity index (χ3v) is 4.03. The number of rotatable bonds is 8. The fraction of sp³-hybridized carbons (Fsp3) is 0.333. The average Bonchev–Trinajstić information content (AvgIpc) is 2.67. The minimum atomic E-state index is -0.711. The normalized spacial score (nSPS) is 11.6. The van der Waals surface area contributed by atoms with Crippen LogP contribution in [0.15, 0.2) is 48.5 Å². The summed E-state index contributed by atoms with van der Waals surface area (Å²) in [5, 5.41) is 5.66. The van der Waals surface area contributed by atoms with Gasteiger partial charge in [-0.15, -0.1) is 0 Å². The van der Waals surface area contributed by atoms with E-state index in [1.54, 1.807) is 36.4 Å². The monoisotopic (exact) mass is 370 g/mol. The molecule has 144 valence electrons. The van der Waals surface area contributed by atoms with Gasteiger partial charge in [0.25, 0.3) is 5.91 Å². The molecule has 2 amide bonds. The van der Waals surface area contributed by atoms with Crippen molar-refractivity contribution in [2.45, 2.75) is 26.8 Å². The summed E-state index contributed by atoms with van der Waals surface area (Å²) in [6.07, 6.45) is 0. The molecule has 2 aromatic carbocycles. The first-order valence-corrected chi connectivity index (χ1v) is 8.94. The van der Waals surface area contributed by atoms with Crippen LogP contribution < -0.4 is 20.1 Å². The number of amides is 2. The predicted molar refractivity (Wildman–Crippen MR) is 105 cm³/mol. The standard InChI is InChI=1S/C21H26N2O4/c1-5-27-18-13-9-7-11-16(18)22-21(25)19(14(2)3)23-20(24)15-10-6-8-12-17(15)26-4/h6-14,19H,5H2,1-4H3,(H,22,25)(H,23,24)/t19-/m1/s1. The van der Waals surface area contributed by atoms with Gasteiger partial charge in [-0.25, -0.2) is 0 Å². The molecule has 0 aliphatic rings. The van der Waals surface area contributed by atoms with Gasteiger partial charge < -0.3 is 20.1 Å². The lowest BCUT2D eigenvalue weighted by Crippen LogP contribution is -2.47. The lowest BCUT2D eigenvalue weighted by Gasteiger charge is -2.23. The Balaban J connectivity index is 2.17. The van der Waals surface area contributed by atoms with Crippen molar-refractivity contribution in [1.29, 1.82) is 0 Å². The van der Waals surface area contributed by atoms with Crippen LogP contribution in [-0.4, -0.2) is 31.6 Å². The summed E-state index contributed by atoms with van der Waals surface area (Å²) in [7, 11) is 1.50. The molecule has 0 spiro atoms. The Kier molecular flexibility index (Phi) is 7.23. The Morgan fingerprint density at radius 1 is 1.00 bits per heavy atom. The van der Waals surface area contributed by atoms with E-state index in [-0.39, 0.29) is 17.7 Å². The Hall–Kier alpha value is -3.02. The minimum absolute atomic E-state index is 0.108. The minimum Gasteiger partial charge on any atom is -0.496 e. The summed E-state index contributed by atoms with van der Waals surface area (Å²) in [4.78, 5) is 25.5.